The van der Waals surface area contributed by atoms with E-state index < -0.39 is 10.0 Å². The molecule has 1 aliphatic rings. The van der Waals surface area contributed by atoms with Crippen molar-refractivity contribution in [1.82, 2.24) is 14.5 Å². The SMILES string of the molecule is Cc1nn(CCN)c(C)c1S(=O)(=O)NC1CCCOC1. The second kappa shape index (κ2) is 6.21. The van der Waals surface area contributed by atoms with Crippen LogP contribution in [0.25, 0.3) is 0 Å². The first kappa shape index (κ1) is 15.4. The zero-order valence-electron chi connectivity index (χ0n) is 11.9. The molecular weight excluding hydrogens is 280 g/mol. The quantitative estimate of drug-likeness (QED) is 0.792. The van der Waals surface area contributed by atoms with Gasteiger partial charge < -0.3 is 10.5 Å². The van der Waals surface area contributed by atoms with E-state index in [1.54, 1.807) is 18.5 Å². The lowest BCUT2D eigenvalue weighted by Gasteiger charge is -2.23. The lowest BCUT2D eigenvalue weighted by atomic mass is 10.1. The van der Waals surface area contributed by atoms with Crippen molar-refractivity contribution in [1.29, 1.82) is 0 Å². The molecule has 0 aromatic carbocycles. The third-order valence-corrected chi connectivity index (χ3v) is 5.18. The lowest BCUT2D eigenvalue weighted by molar-refractivity contribution is 0.0774. The van der Waals surface area contributed by atoms with Gasteiger partial charge in [-0.25, -0.2) is 13.1 Å². The molecule has 1 fully saturated rings. The van der Waals surface area contributed by atoms with Gasteiger partial charge in [-0.15, -0.1) is 0 Å². The molecule has 1 saturated heterocycles. The summed E-state index contributed by atoms with van der Waals surface area (Å²) >= 11 is 0. The van der Waals surface area contributed by atoms with Crippen LogP contribution < -0.4 is 10.5 Å². The van der Waals surface area contributed by atoms with E-state index in [0.29, 0.717) is 37.7 Å². The number of nitrogens with two attached hydrogens (primary N) is 1. The Morgan fingerprint density at radius 3 is 2.85 bits per heavy atom. The number of nitrogens with one attached hydrogen (secondary N) is 1. The molecule has 0 bridgehead atoms. The summed E-state index contributed by atoms with van der Waals surface area (Å²) in [5.74, 6) is 0. The Morgan fingerprint density at radius 1 is 1.50 bits per heavy atom. The Balaban J connectivity index is 2.24. The van der Waals surface area contributed by atoms with Gasteiger partial charge in [0.15, 0.2) is 0 Å². The molecule has 0 spiro atoms. The Bertz CT molecular complexity index is 562. The number of rotatable bonds is 5. The molecule has 0 aliphatic carbocycles. The maximum Gasteiger partial charge on any atom is 0.244 e. The number of hydrogen-bond donors (Lipinski definition) is 2. The Hall–Kier alpha value is -0.960. The lowest BCUT2D eigenvalue weighted by Crippen LogP contribution is -2.40. The molecule has 114 valence electrons. The van der Waals surface area contributed by atoms with Crippen molar-refractivity contribution >= 4 is 10.0 Å². The summed E-state index contributed by atoms with van der Waals surface area (Å²) in [4.78, 5) is 0.261. The predicted octanol–water partition coefficient (Wildman–Crippen LogP) is -0.0841. The molecule has 1 aliphatic heterocycles. The van der Waals surface area contributed by atoms with Gasteiger partial charge in [-0.05, 0) is 26.7 Å². The average molecular weight is 302 g/mol. The van der Waals surface area contributed by atoms with Gasteiger partial charge in [0, 0.05) is 19.2 Å². The molecule has 1 unspecified atom stereocenters. The van der Waals surface area contributed by atoms with Crippen molar-refractivity contribution < 1.29 is 13.2 Å². The van der Waals surface area contributed by atoms with Gasteiger partial charge in [0.25, 0.3) is 0 Å². The van der Waals surface area contributed by atoms with Crippen LogP contribution in [0.3, 0.4) is 0 Å². The third kappa shape index (κ3) is 3.20. The molecule has 20 heavy (non-hydrogen) atoms. The van der Waals surface area contributed by atoms with Gasteiger partial charge in [0.2, 0.25) is 10.0 Å². The van der Waals surface area contributed by atoms with Crippen LogP contribution >= 0.6 is 0 Å². The Labute approximate surface area is 119 Å². The van der Waals surface area contributed by atoms with Crippen LogP contribution in [-0.2, 0) is 21.3 Å². The minimum absolute atomic E-state index is 0.162. The fourth-order valence-electron chi connectivity index (χ4n) is 2.52. The molecule has 2 rings (SSSR count). The summed E-state index contributed by atoms with van der Waals surface area (Å²) < 4.78 is 34.7. The molecule has 2 heterocycles. The van der Waals surface area contributed by atoms with Crippen LogP contribution in [-0.4, -0.2) is 44.0 Å². The monoisotopic (exact) mass is 302 g/mol. The largest absolute Gasteiger partial charge is 0.380 e. The molecule has 0 radical (unpaired) electrons. The summed E-state index contributed by atoms with van der Waals surface area (Å²) in [6, 6.07) is -0.162. The summed E-state index contributed by atoms with van der Waals surface area (Å²) in [7, 11) is -3.57. The van der Waals surface area contributed by atoms with Gasteiger partial charge in [0.05, 0.1) is 24.5 Å². The van der Waals surface area contributed by atoms with Gasteiger partial charge in [-0.2, -0.15) is 5.10 Å². The number of hydrogen-bond acceptors (Lipinski definition) is 5. The van der Waals surface area contributed by atoms with Crippen molar-refractivity contribution in [3.8, 4) is 0 Å². The van der Waals surface area contributed by atoms with Crippen molar-refractivity contribution in [3.05, 3.63) is 11.4 Å². The van der Waals surface area contributed by atoms with Crippen LogP contribution in [0.1, 0.15) is 24.2 Å². The summed E-state index contributed by atoms with van der Waals surface area (Å²) in [6.07, 6.45) is 1.67. The molecule has 0 amide bonds. The second-order valence-electron chi connectivity index (χ2n) is 5.05. The van der Waals surface area contributed by atoms with Gasteiger partial charge in [-0.1, -0.05) is 0 Å². The minimum atomic E-state index is -3.57. The van der Waals surface area contributed by atoms with Crippen LogP contribution in [0.5, 0.6) is 0 Å². The van der Waals surface area contributed by atoms with Crippen molar-refractivity contribution in [3.63, 3.8) is 0 Å². The molecule has 0 saturated carbocycles. The summed E-state index contributed by atoms with van der Waals surface area (Å²) in [5, 5.41) is 4.25. The summed E-state index contributed by atoms with van der Waals surface area (Å²) in [6.45, 7) is 5.51. The number of aryl methyl sites for hydroxylation is 1. The highest BCUT2D eigenvalue weighted by Gasteiger charge is 2.28. The zero-order valence-corrected chi connectivity index (χ0v) is 12.7. The normalized spacial score (nSPS) is 20.2. The van der Waals surface area contributed by atoms with E-state index in [0.717, 1.165) is 12.8 Å². The maximum atomic E-state index is 12.5. The van der Waals surface area contributed by atoms with E-state index in [1.165, 1.54) is 0 Å². The van der Waals surface area contributed by atoms with E-state index in [-0.39, 0.29) is 10.9 Å². The van der Waals surface area contributed by atoms with Crippen molar-refractivity contribution in [2.45, 2.75) is 44.2 Å². The van der Waals surface area contributed by atoms with Gasteiger partial charge >= 0.3 is 0 Å². The molecule has 1 atom stereocenters. The van der Waals surface area contributed by atoms with Crippen molar-refractivity contribution in [2.24, 2.45) is 5.73 Å². The molecule has 3 N–H and O–H groups in total. The molecular formula is C12H22N4O3S. The zero-order chi connectivity index (χ0) is 14.8. The highest BCUT2D eigenvalue weighted by atomic mass is 32.2. The van der Waals surface area contributed by atoms with Crippen LogP contribution in [0.4, 0.5) is 0 Å². The number of sulfonamides is 1. The number of nitrogens with zero attached hydrogens (tertiary/aromatic N) is 2. The maximum absolute atomic E-state index is 12.5. The van der Waals surface area contributed by atoms with E-state index in [2.05, 4.69) is 9.82 Å². The van der Waals surface area contributed by atoms with Gasteiger partial charge in [-0.3, -0.25) is 4.68 Å². The first-order valence-corrected chi connectivity index (χ1v) is 8.28. The van der Waals surface area contributed by atoms with E-state index in [4.69, 9.17) is 10.5 Å². The molecule has 7 nitrogen and oxygen atoms in total. The highest BCUT2D eigenvalue weighted by Crippen LogP contribution is 2.20. The number of ether oxygens (including phenoxy) is 1. The Kier molecular flexibility index (Phi) is 4.79. The van der Waals surface area contributed by atoms with E-state index >= 15 is 0 Å². The first-order chi connectivity index (χ1) is 9.45. The minimum Gasteiger partial charge on any atom is -0.380 e. The molecule has 1 aromatic heterocycles. The fraction of sp³-hybridized carbons (Fsp3) is 0.750. The highest BCUT2D eigenvalue weighted by molar-refractivity contribution is 7.89. The van der Waals surface area contributed by atoms with E-state index in [9.17, 15) is 8.42 Å². The van der Waals surface area contributed by atoms with Gasteiger partial charge in [0.1, 0.15) is 4.90 Å². The third-order valence-electron chi connectivity index (χ3n) is 3.41. The smallest absolute Gasteiger partial charge is 0.244 e. The average Bonchev–Trinajstić information content (AvgIpc) is 2.66. The Morgan fingerprint density at radius 2 is 2.25 bits per heavy atom. The van der Waals surface area contributed by atoms with Crippen LogP contribution in [0.15, 0.2) is 4.90 Å². The second-order valence-corrected chi connectivity index (χ2v) is 6.70. The van der Waals surface area contributed by atoms with E-state index in [1.807, 2.05) is 0 Å². The van der Waals surface area contributed by atoms with Crippen LogP contribution in [0, 0.1) is 13.8 Å². The molecule has 1 aromatic rings. The van der Waals surface area contributed by atoms with Crippen LogP contribution in [0.2, 0.25) is 0 Å². The topological polar surface area (TPSA) is 99.2 Å². The van der Waals surface area contributed by atoms with Crippen molar-refractivity contribution in [2.75, 3.05) is 19.8 Å². The summed E-state index contributed by atoms with van der Waals surface area (Å²) in [5.41, 5.74) is 6.63. The standard InChI is InChI=1S/C12H22N4O3S/c1-9-12(10(2)16(14-9)6-5-13)20(17,18)15-11-4-3-7-19-8-11/h11,15H,3-8,13H2,1-2H3. The number of aromatic nitrogens is 2. The first-order valence-electron chi connectivity index (χ1n) is 6.80. The molecule has 8 heteroatoms. The fourth-order valence-corrected chi connectivity index (χ4v) is 4.19. The predicted molar refractivity (Wildman–Crippen MR) is 74.9 cm³/mol.